The summed E-state index contributed by atoms with van der Waals surface area (Å²) < 4.78 is 0. The summed E-state index contributed by atoms with van der Waals surface area (Å²) in [5.74, 6) is 1.14. The van der Waals surface area contributed by atoms with Gasteiger partial charge < -0.3 is 5.32 Å². The summed E-state index contributed by atoms with van der Waals surface area (Å²) in [6.45, 7) is 7.49. The van der Waals surface area contributed by atoms with Crippen molar-refractivity contribution in [3.63, 3.8) is 0 Å². The lowest BCUT2D eigenvalue weighted by Crippen LogP contribution is -2.05. The molecular formula is C16H23N3. The number of aromatic nitrogens is 2. The molecule has 0 aliphatic rings. The minimum absolute atomic E-state index is 0. The second kappa shape index (κ2) is 6.32. The lowest BCUT2D eigenvalue weighted by Gasteiger charge is -2.16. The molecule has 102 valence electrons. The van der Waals surface area contributed by atoms with Crippen molar-refractivity contribution in [2.75, 3.05) is 5.32 Å². The topological polar surface area (TPSA) is 37.8 Å². The zero-order valence-corrected chi connectivity index (χ0v) is 11.8. The highest BCUT2D eigenvalue weighted by Gasteiger charge is 2.10. The summed E-state index contributed by atoms with van der Waals surface area (Å²) in [5, 5.41) is 3.39. The van der Waals surface area contributed by atoms with E-state index in [9.17, 15) is 0 Å². The zero-order chi connectivity index (χ0) is 13.7. The number of nitrogens with zero attached hydrogens (tertiary/aromatic N) is 2. The van der Waals surface area contributed by atoms with Crippen molar-refractivity contribution in [1.29, 1.82) is 0 Å². The molecule has 0 aliphatic carbocycles. The van der Waals surface area contributed by atoms with Gasteiger partial charge in [-0.05, 0) is 35.1 Å². The van der Waals surface area contributed by atoms with E-state index in [2.05, 4.69) is 48.2 Å². The van der Waals surface area contributed by atoms with Gasteiger partial charge in [0.1, 0.15) is 0 Å². The Bertz CT molecular complexity index is 514. The van der Waals surface area contributed by atoms with Crippen LogP contribution in [-0.2, 0) is 6.54 Å². The molecule has 0 radical (unpaired) electrons. The van der Waals surface area contributed by atoms with E-state index >= 15 is 0 Å². The third-order valence-corrected chi connectivity index (χ3v) is 3.50. The van der Waals surface area contributed by atoms with Gasteiger partial charge in [-0.3, -0.25) is 9.97 Å². The summed E-state index contributed by atoms with van der Waals surface area (Å²) in [7, 11) is 0. The summed E-state index contributed by atoms with van der Waals surface area (Å²) in [5.41, 5.74) is 3.52. The molecule has 0 aromatic carbocycles. The van der Waals surface area contributed by atoms with Crippen LogP contribution in [0.15, 0.2) is 43.0 Å². The van der Waals surface area contributed by atoms with Crippen molar-refractivity contribution < 1.29 is 1.43 Å². The standard InChI is InChI=1S/C16H21N3.H2/c1-12(2)13(3)15-7-16(11-18-10-15)19-9-14-5-4-6-17-8-14;/h4-8,10-13,19H,9H2,1-3H3;1H. The molecule has 2 aromatic rings. The van der Waals surface area contributed by atoms with E-state index in [1.807, 2.05) is 24.7 Å². The third-order valence-electron chi connectivity index (χ3n) is 3.50. The summed E-state index contributed by atoms with van der Waals surface area (Å²) >= 11 is 0. The van der Waals surface area contributed by atoms with Crippen molar-refractivity contribution >= 4 is 5.69 Å². The molecule has 2 rings (SSSR count). The first-order chi connectivity index (χ1) is 9.16. The summed E-state index contributed by atoms with van der Waals surface area (Å²) in [6.07, 6.45) is 7.49. The predicted octanol–water partition coefficient (Wildman–Crippen LogP) is 4.09. The quantitative estimate of drug-likeness (QED) is 0.876. The number of pyridine rings is 2. The van der Waals surface area contributed by atoms with Crippen LogP contribution in [0.5, 0.6) is 0 Å². The van der Waals surface area contributed by atoms with Gasteiger partial charge in [0.15, 0.2) is 0 Å². The first kappa shape index (κ1) is 13.5. The first-order valence-electron chi connectivity index (χ1n) is 6.74. The summed E-state index contributed by atoms with van der Waals surface area (Å²) in [4.78, 5) is 8.43. The fourth-order valence-electron chi connectivity index (χ4n) is 1.90. The molecule has 3 heteroatoms. The van der Waals surface area contributed by atoms with Crippen LogP contribution in [0.3, 0.4) is 0 Å². The summed E-state index contributed by atoms with van der Waals surface area (Å²) in [6, 6.07) is 6.20. The Balaban J connectivity index is 0.00000200. The van der Waals surface area contributed by atoms with Crippen LogP contribution in [-0.4, -0.2) is 9.97 Å². The molecule has 0 amide bonds. The van der Waals surface area contributed by atoms with E-state index in [1.54, 1.807) is 6.20 Å². The van der Waals surface area contributed by atoms with Gasteiger partial charge in [-0.1, -0.05) is 26.8 Å². The number of nitrogens with one attached hydrogen (secondary N) is 1. The number of hydrogen-bond acceptors (Lipinski definition) is 3. The van der Waals surface area contributed by atoms with Crippen LogP contribution in [0, 0.1) is 5.92 Å². The Kier molecular flexibility index (Phi) is 4.50. The van der Waals surface area contributed by atoms with Crippen LogP contribution in [0.2, 0.25) is 0 Å². The lowest BCUT2D eigenvalue weighted by molar-refractivity contribution is 0.534. The molecule has 19 heavy (non-hydrogen) atoms. The molecule has 1 atom stereocenters. The molecule has 3 nitrogen and oxygen atoms in total. The fourth-order valence-corrected chi connectivity index (χ4v) is 1.90. The van der Waals surface area contributed by atoms with Crippen LogP contribution in [0.4, 0.5) is 5.69 Å². The third kappa shape index (κ3) is 3.78. The molecule has 0 aliphatic heterocycles. The number of hydrogen-bond donors (Lipinski definition) is 1. The van der Waals surface area contributed by atoms with Gasteiger partial charge in [-0.2, -0.15) is 0 Å². The van der Waals surface area contributed by atoms with E-state index in [0.717, 1.165) is 12.2 Å². The zero-order valence-electron chi connectivity index (χ0n) is 11.8. The smallest absolute Gasteiger partial charge is 0.0532 e. The molecular weight excluding hydrogens is 234 g/mol. The average molecular weight is 257 g/mol. The van der Waals surface area contributed by atoms with Crippen LogP contribution in [0.25, 0.3) is 0 Å². The molecule has 2 aromatic heterocycles. The second-order valence-corrected chi connectivity index (χ2v) is 5.25. The Morgan fingerprint density at radius 2 is 2.00 bits per heavy atom. The maximum Gasteiger partial charge on any atom is 0.0532 e. The van der Waals surface area contributed by atoms with Gasteiger partial charge in [0.05, 0.1) is 5.69 Å². The van der Waals surface area contributed by atoms with E-state index in [1.165, 1.54) is 11.1 Å². The Morgan fingerprint density at radius 1 is 1.16 bits per heavy atom. The Hall–Kier alpha value is -1.90. The lowest BCUT2D eigenvalue weighted by atomic mass is 9.91. The monoisotopic (exact) mass is 257 g/mol. The van der Waals surface area contributed by atoms with E-state index in [-0.39, 0.29) is 1.43 Å². The highest BCUT2D eigenvalue weighted by molar-refractivity contribution is 5.44. The van der Waals surface area contributed by atoms with Gasteiger partial charge in [0, 0.05) is 32.8 Å². The molecule has 0 saturated carbocycles. The van der Waals surface area contributed by atoms with E-state index < -0.39 is 0 Å². The van der Waals surface area contributed by atoms with Crippen LogP contribution < -0.4 is 5.32 Å². The Labute approximate surface area is 116 Å². The predicted molar refractivity (Wildman–Crippen MR) is 81.2 cm³/mol. The molecule has 0 saturated heterocycles. The van der Waals surface area contributed by atoms with Gasteiger partial charge in [0.2, 0.25) is 0 Å². The SMILES string of the molecule is CC(C)C(C)c1cncc(NCc2cccnc2)c1.[HH]. The molecule has 0 spiro atoms. The van der Waals surface area contributed by atoms with E-state index in [4.69, 9.17) is 0 Å². The first-order valence-corrected chi connectivity index (χ1v) is 6.74. The van der Waals surface area contributed by atoms with Crippen molar-refractivity contribution in [3.05, 3.63) is 54.1 Å². The van der Waals surface area contributed by atoms with Crippen LogP contribution >= 0.6 is 0 Å². The van der Waals surface area contributed by atoms with Gasteiger partial charge in [-0.15, -0.1) is 0 Å². The second-order valence-electron chi connectivity index (χ2n) is 5.25. The van der Waals surface area contributed by atoms with Gasteiger partial charge >= 0.3 is 0 Å². The molecule has 0 bridgehead atoms. The van der Waals surface area contributed by atoms with Crippen molar-refractivity contribution in [2.45, 2.75) is 33.2 Å². The highest BCUT2D eigenvalue weighted by atomic mass is 14.9. The molecule has 1 unspecified atom stereocenters. The maximum absolute atomic E-state index is 4.32. The highest BCUT2D eigenvalue weighted by Crippen LogP contribution is 2.24. The number of rotatable bonds is 5. The van der Waals surface area contributed by atoms with Crippen LogP contribution in [0.1, 0.15) is 39.2 Å². The normalized spacial score (nSPS) is 12.4. The van der Waals surface area contributed by atoms with Gasteiger partial charge in [-0.25, -0.2) is 0 Å². The minimum atomic E-state index is 0. The maximum atomic E-state index is 4.32. The molecule has 0 fully saturated rings. The fraction of sp³-hybridized carbons (Fsp3) is 0.375. The van der Waals surface area contributed by atoms with Gasteiger partial charge in [0.25, 0.3) is 0 Å². The molecule has 2 heterocycles. The molecule has 1 N–H and O–H groups in total. The largest absolute Gasteiger partial charge is 0.380 e. The average Bonchev–Trinajstić information content (AvgIpc) is 2.45. The van der Waals surface area contributed by atoms with Crippen molar-refractivity contribution in [1.82, 2.24) is 9.97 Å². The van der Waals surface area contributed by atoms with Crippen molar-refractivity contribution in [3.8, 4) is 0 Å². The Morgan fingerprint density at radius 3 is 2.68 bits per heavy atom. The minimum Gasteiger partial charge on any atom is -0.380 e. The van der Waals surface area contributed by atoms with Crippen molar-refractivity contribution in [2.24, 2.45) is 5.92 Å². The number of anilines is 1. The van der Waals surface area contributed by atoms with E-state index in [0.29, 0.717) is 11.8 Å².